The molecule has 0 aromatic heterocycles. The van der Waals surface area contributed by atoms with E-state index in [0.29, 0.717) is 11.7 Å². The number of Topliss-reactive ketones (excluding diaryl/α,β-unsaturated/α-hetero) is 1. The molecule has 1 aromatic carbocycles. The van der Waals surface area contributed by atoms with Crippen LogP contribution >= 0.6 is 0 Å². The second kappa shape index (κ2) is 6.36. The molecule has 1 fully saturated rings. The quantitative estimate of drug-likeness (QED) is 0.734. The molecular weight excluding hydrogens is 232 g/mol. The van der Waals surface area contributed by atoms with E-state index in [9.17, 15) is 4.79 Å². The van der Waals surface area contributed by atoms with Crippen LogP contribution < -0.4 is 0 Å². The first-order valence-corrected chi connectivity index (χ1v) is 7.74. The Balaban J connectivity index is 2.22. The maximum atomic E-state index is 12.8. The summed E-state index contributed by atoms with van der Waals surface area (Å²) in [5, 5.41) is 0. The maximum absolute atomic E-state index is 12.8. The molecule has 104 valence electrons. The highest BCUT2D eigenvalue weighted by atomic mass is 16.1. The van der Waals surface area contributed by atoms with Gasteiger partial charge in [0.2, 0.25) is 0 Å². The van der Waals surface area contributed by atoms with Gasteiger partial charge in [-0.1, -0.05) is 63.4 Å². The van der Waals surface area contributed by atoms with Gasteiger partial charge in [0.1, 0.15) is 5.78 Å². The van der Waals surface area contributed by atoms with Gasteiger partial charge < -0.3 is 0 Å². The maximum Gasteiger partial charge on any atom is 0.143 e. The van der Waals surface area contributed by atoms with Gasteiger partial charge in [0.05, 0.1) is 5.41 Å². The number of rotatable bonds is 5. The zero-order valence-corrected chi connectivity index (χ0v) is 12.3. The Labute approximate surface area is 117 Å². The summed E-state index contributed by atoms with van der Waals surface area (Å²) in [7, 11) is 0. The van der Waals surface area contributed by atoms with Crippen LogP contribution in [0.4, 0.5) is 0 Å². The average Bonchev–Trinajstić information content (AvgIpc) is 2.46. The monoisotopic (exact) mass is 258 g/mol. The van der Waals surface area contributed by atoms with Crippen molar-refractivity contribution in [2.45, 2.75) is 64.2 Å². The van der Waals surface area contributed by atoms with Crippen LogP contribution in [0.2, 0.25) is 0 Å². The van der Waals surface area contributed by atoms with Gasteiger partial charge in [0.25, 0.3) is 0 Å². The lowest BCUT2D eigenvalue weighted by molar-refractivity contribution is -0.126. The number of benzene rings is 1. The number of carbonyl (C=O) groups is 1. The van der Waals surface area contributed by atoms with Crippen molar-refractivity contribution >= 4 is 5.78 Å². The molecule has 0 saturated heterocycles. The topological polar surface area (TPSA) is 17.1 Å². The first kappa shape index (κ1) is 14.3. The van der Waals surface area contributed by atoms with Crippen LogP contribution in [-0.4, -0.2) is 5.78 Å². The van der Waals surface area contributed by atoms with E-state index in [1.54, 1.807) is 0 Å². The van der Waals surface area contributed by atoms with Crippen LogP contribution in [0.5, 0.6) is 0 Å². The zero-order valence-electron chi connectivity index (χ0n) is 12.3. The summed E-state index contributed by atoms with van der Waals surface area (Å²) < 4.78 is 0. The molecule has 19 heavy (non-hydrogen) atoms. The third-order valence-corrected chi connectivity index (χ3v) is 4.52. The van der Waals surface area contributed by atoms with E-state index >= 15 is 0 Å². The highest BCUT2D eigenvalue weighted by Crippen LogP contribution is 2.41. The van der Waals surface area contributed by atoms with Crippen molar-refractivity contribution in [2.24, 2.45) is 5.92 Å². The fourth-order valence-corrected chi connectivity index (χ4v) is 3.30. The molecular formula is C18H26O. The first-order chi connectivity index (χ1) is 9.15. The van der Waals surface area contributed by atoms with E-state index in [0.717, 1.165) is 25.7 Å². The number of hydrogen-bond donors (Lipinski definition) is 0. The molecule has 0 unspecified atom stereocenters. The molecule has 1 nitrogen and oxygen atoms in total. The molecule has 0 heterocycles. The molecule has 1 aliphatic rings. The van der Waals surface area contributed by atoms with Gasteiger partial charge in [-0.3, -0.25) is 4.79 Å². The molecule has 1 aliphatic carbocycles. The molecule has 1 saturated carbocycles. The third-order valence-electron chi connectivity index (χ3n) is 4.52. The second-order valence-corrected chi connectivity index (χ2v) is 6.36. The summed E-state index contributed by atoms with van der Waals surface area (Å²) >= 11 is 0. The molecule has 1 heteroatoms. The van der Waals surface area contributed by atoms with Crippen LogP contribution in [0.25, 0.3) is 0 Å². The second-order valence-electron chi connectivity index (χ2n) is 6.36. The van der Waals surface area contributed by atoms with E-state index in [2.05, 4.69) is 38.1 Å². The molecule has 0 atom stereocenters. The molecule has 0 spiro atoms. The smallest absolute Gasteiger partial charge is 0.143 e. The van der Waals surface area contributed by atoms with Gasteiger partial charge in [-0.05, 0) is 30.7 Å². The Hall–Kier alpha value is -1.11. The summed E-state index contributed by atoms with van der Waals surface area (Å²) in [5.74, 6) is 1.09. The van der Waals surface area contributed by atoms with E-state index in [1.807, 2.05) is 6.07 Å². The summed E-state index contributed by atoms with van der Waals surface area (Å²) in [6.07, 6.45) is 7.54. The minimum absolute atomic E-state index is 0.172. The summed E-state index contributed by atoms with van der Waals surface area (Å²) in [5.41, 5.74) is 1.08. The summed E-state index contributed by atoms with van der Waals surface area (Å²) in [6, 6.07) is 10.5. The standard InChI is InChI=1S/C18H26O/c1-15(2)11-12-17(19)18(13-7-4-8-14-18)16-9-5-3-6-10-16/h3,5-6,9-10,15H,4,7-8,11-14H2,1-2H3. The molecule has 0 aliphatic heterocycles. The lowest BCUT2D eigenvalue weighted by atomic mass is 9.66. The number of carbonyl (C=O) groups excluding carboxylic acids is 1. The summed E-state index contributed by atoms with van der Waals surface area (Å²) in [6.45, 7) is 4.40. The van der Waals surface area contributed by atoms with Crippen molar-refractivity contribution in [3.63, 3.8) is 0 Å². The van der Waals surface area contributed by atoms with E-state index in [1.165, 1.54) is 24.8 Å². The predicted octanol–water partition coefficient (Wildman–Crippen LogP) is 4.89. The van der Waals surface area contributed by atoms with Crippen molar-refractivity contribution in [3.8, 4) is 0 Å². The zero-order chi connectivity index (χ0) is 13.7. The van der Waals surface area contributed by atoms with Crippen molar-refractivity contribution in [1.29, 1.82) is 0 Å². The SMILES string of the molecule is CC(C)CCC(=O)C1(c2ccccc2)CCCCC1. The predicted molar refractivity (Wildman–Crippen MR) is 80.3 cm³/mol. The van der Waals surface area contributed by atoms with Gasteiger partial charge in [0, 0.05) is 6.42 Å². The molecule has 2 rings (SSSR count). The van der Waals surface area contributed by atoms with E-state index in [-0.39, 0.29) is 5.41 Å². The minimum atomic E-state index is -0.172. The normalized spacial score (nSPS) is 18.5. The van der Waals surface area contributed by atoms with Crippen LogP contribution in [0, 0.1) is 5.92 Å². The Bertz CT molecular complexity index is 399. The van der Waals surface area contributed by atoms with Crippen molar-refractivity contribution in [3.05, 3.63) is 35.9 Å². The fraction of sp³-hybridized carbons (Fsp3) is 0.611. The molecule has 1 aromatic rings. The number of ketones is 1. The molecule has 0 N–H and O–H groups in total. The third kappa shape index (κ3) is 3.26. The van der Waals surface area contributed by atoms with Crippen LogP contribution in [-0.2, 0) is 10.2 Å². The molecule has 0 radical (unpaired) electrons. The van der Waals surface area contributed by atoms with Crippen LogP contribution in [0.15, 0.2) is 30.3 Å². The van der Waals surface area contributed by atoms with Gasteiger partial charge in [-0.25, -0.2) is 0 Å². The lowest BCUT2D eigenvalue weighted by Gasteiger charge is -2.36. The Morgan fingerprint density at radius 1 is 1.11 bits per heavy atom. The molecule has 0 amide bonds. The highest BCUT2D eigenvalue weighted by Gasteiger charge is 2.39. The van der Waals surface area contributed by atoms with Crippen molar-refractivity contribution in [1.82, 2.24) is 0 Å². The first-order valence-electron chi connectivity index (χ1n) is 7.74. The van der Waals surface area contributed by atoms with Gasteiger partial charge in [0.15, 0.2) is 0 Å². The van der Waals surface area contributed by atoms with Gasteiger partial charge in [-0.15, -0.1) is 0 Å². The molecule has 0 bridgehead atoms. The lowest BCUT2D eigenvalue weighted by Crippen LogP contribution is -2.38. The van der Waals surface area contributed by atoms with Crippen LogP contribution in [0.3, 0.4) is 0 Å². The fourth-order valence-electron chi connectivity index (χ4n) is 3.30. The Morgan fingerprint density at radius 2 is 1.74 bits per heavy atom. The van der Waals surface area contributed by atoms with Crippen molar-refractivity contribution < 1.29 is 4.79 Å². The van der Waals surface area contributed by atoms with Crippen LogP contribution in [0.1, 0.15) is 64.4 Å². The Morgan fingerprint density at radius 3 is 2.32 bits per heavy atom. The van der Waals surface area contributed by atoms with E-state index < -0.39 is 0 Å². The number of hydrogen-bond acceptors (Lipinski definition) is 1. The largest absolute Gasteiger partial charge is 0.299 e. The average molecular weight is 258 g/mol. The Kier molecular flexibility index (Phi) is 4.79. The van der Waals surface area contributed by atoms with Gasteiger partial charge >= 0.3 is 0 Å². The van der Waals surface area contributed by atoms with E-state index in [4.69, 9.17) is 0 Å². The minimum Gasteiger partial charge on any atom is -0.299 e. The highest BCUT2D eigenvalue weighted by molar-refractivity contribution is 5.90. The van der Waals surface area contributed by atoms with Gasteiger partial charge in [-0.2, -0.15) is 0 Å². The summed E-state index contributed by atoms with van der Waals surface area (Å²) in [4.78, 5) is 12.8. The van der Waals surface area contributed by atoms with Crippen molar-refractivity contribution in [2.75, 3.05) is 0 Å².